The molecule has 0 bridgehead atoms. The molecule has 1 aromatic rings. The van der Waals surface area contributed by atoms with Gasteiger partial charge in [-0.15, -0.1) is 0 Å². The molecule has 1 aliphatic heterocycles. The van der Waals surface area contributed by atoms with E-state index in [2.05, 4.69) is 30.1 Å². The highest BCUT2D eigenvalue weighted by molar-refractivity contribution is 5.65. The summed E-state index contributed by atoms with van der Waals surface area (Å²) in [5.74, 6) is 0.260. The molecule has 1 heterocycles. The first-order valence-electron chi connectivity index (χ1n) is 6.05. The summed E-state index contributed by atoms with van der Waals surface area (Å²) in [5, 5.41) is 0. The molecule has 0 saturated carbocycles. The van der Waals surface area contributed by atoms with Crippen LogP contribution >= 0.6 is 0 Å². The second-order valence-electron chi connectivity index (χ2n) is 4.76. The lowest BCUT2D eigenvalue weighted by molar-refractivity contribution is 0.313. The quantitative estimate of drug-likeness (QED) is 0.670. The van der Waals surface area contributed by atoms with E-state index in [-0.39, 0.29) is 5.82 Å². The molecule has 1 aliphatic rings. The molecule has 0 aromatic heterocycles. The minimum atomic E-state index is 0.260. The lowest BCUT2D eigenvalue weighted by atomic mass is 9.96. The molecule has 0 spiro atoms. The average molecular weight is 244 g/mol. The highest BCUT2D eigenvalue weighted by Gasteiger charge is 2.13. The fraction of sp³-hybridized carbons (Fsp3) is 0.286. The zero-order valence-corrected chi connectivity index (χ0v) is 10.7. The van der Waals surface area contributed by atoms with E-state index >= 15 is 0 Å². The summed E-state index contributed by atoms with van der Waals surface area (Å²) in [6.45, 7) is 2.09. The van der Waals surface area contributed by atoms with Gasteiger partial charge in [0.15, 0.2) is 0 Å². The molecule has 6 N–H and O–H groups in total. The van der Waals surface area contributed by atoms with Gasteiger partial charge in [0.25, 0.3) is 0 Å². The third-order valence-corrected chi connectivity index (χ3v) is 3.20. The predicted molar refractivity (Wildman–Crippen MR) is 75.1 cm³/mol. The van der Waals surface area contributed by atoms with Crippen LogP contribution in [0.15, 0.2) is 36.2 Å². The monoisotopic (exact) mass is 244 g/mol. The van der Waals surface area contributed by atoms with E-state index in [4.69, 9.17) is 17.2 Å². The van der Waals surface area contributed by atoms with Crippen molar-refractivity contribution in [2.75, 3.05) is 13.6 Å². The number of likely N-dealkylation sites (N-methyl/N-ethyl adjacent to an activating group) is 1. The van der Waals surface area contributed by atoms with Crippen LogP contribution in [0.1, 0.15) is 16.7 Å². The van der Waals surface area contributed by atoms with Crippen LogP contribution < -0.4 is 17.2 Å². The molecular weight excluding hydrogens is 224 g/mol. The molecule has 18 heavy (non-hydrogen) atoms. The SMILES string of the molecule is CN1CCc2ccc(/C(N)=C/C=C(N)N)cc2C1. The van der Waals surface area contributed by atoms with E-state index in [1.807, 2.05) is 0 Å². The topological polar surface area (TPSA) is 81.3 Å². The smallest absolute Gasteiger partial charge is 0.0934 e. The summed E-state index contributed by atoms with van der Waals surface area (Å²) in [5.41, 5.74) is 21.2. The largest absolute Gasteiger partial charge is 0.398 e. The third kappa shape index (κ3) is 2.84. The third-order valence-electron chi connectivity index (χ3n) is 3.20. The Hall–Kier alpha value is -1.94. The predicted octanol–water partition coefficient (Wildman–Crippen LogP) is 0.733. The first-order chi connectivity index (χ1) is 8.56. The standard InChI is InChI=1S/C14H20N4/c1-18-7-6-10-2-3-11(8-12(10)9-18)13(15)4-5-14(16)17/h2-5,8H,6-7,9,15-17H2,1H3/b13-4-. The summed E-state index contributed by atoms with van der Waals surface area (Å²) in [7, 11) is 2.13. The molecule has 0 aliphatic carbocycles. The number of nitrogens with zero attached hydrogens (tertiary/aromatic N) is 1. The van der Waals surface area contributed by atoms with Gasteiger partial charge in [0.1, 0.15) is 0 Å². The number of nitrogens with two attached hydrogens (primary N) is 3. The number of benzene rings is 1. The molecule has 0 unspecified atom stereocenters. The van der Waals surface area contributed by atoms with Crippen molar-refractivity contribution in [2.24, 2.45) is 17.2 Å². The van der Waals surface area contributed by atoms with Gasteiger partial charge >= 0.3 is 0 Å². The van der Waals surface area contributed by atoms with Crippen molar-refractivity contribution in [3.63, 3.8) is 0 Å². The average Bonchev–Trinajstić information content (AvgIpc) is 2.34. The number of allylic oxidation sites excluding steroid dienone is 2. The van der Waals surface area contributed by atoms with E-state index < -0.39 is 0 Å². The van der Waals surface area contributed by atoms with Gasteiger partial charge in [-0.1, -0.05) is 12.1 Å². The van der Waals surface area contributed by atoms with E-state index in [0.717, 1.165) is 25.1 Å². The maximum Gasteiger partial charge on any atom is 0.0934 e. The van der Waals surface area contributed by atoms with Crippen LogP contribution in [0.4, 0.5) is 0 Å². The number of hydrogen-bond donors (Lipinski definition) is 3. The molecule has 2 rings (SSSR count). The molecule has 4 nitrogen and oxygen atoms in total. The number of rotatable bonds is 2. The minimum Gasteiger partial charge on any atom is -0.398 e. The van der Waals surface area contributed by atoms with E-state index in [9.17, 15) is 0 Å². The van der Waals surface area contributed by atoms with E-state index in [1.54, 1.807) is 12.2 Å². The molecule has 0 fully saturated rings. The normalized spacial score (nSPS) is 16.2. The fourth-order valence-corrected chi connectivity index (χ4v) is 2.16. The summed E-state index contributed by atoms with van der Waals surface area (Å²) in [6.07, 6.45) is 4.45. The Morgan fingerprint density at radius 3 is 2.67 bits per heavy atom. The van der Waals surface area contributed by atoms with Crippen LogP contribution in [-0.4, -0.2) is 18.5 Å². The Balaban J connectivity index is 2.28. The van der Waals surface area contributed by atoms with E-state index in [0.29, 0.717) is 5.70 Å². The van der Waals surface area contributed by atoms with Gasteiger partial charge in [0.2, 0.25) is 0 Å². The van der Waals surface area contributed by atoms with E-state index in [1.165, 1.54) is 11.1 Å². The van der Waals surface area contributed by atoms with Gasteiger partial charge in [-0.3, -0.25) is 0 Å². The minimum absolute atomic E-state index is 0.260. The van der Waals surface area contributed by atoms with Crippen molar-refractivity contribution in [3.8, 4) is 0 Å². The second-order valence-corrected chi connectivity index (χ2v) is 4.76. The van der Waals surface area contributed by atoms with Gasteiger partial charge in [0.05, 0.1) is 5.82 Å². The highest BCUT2D eigenvalue weighted by atomic mass is 15.1. The molecule has 0 amide bonds. The maximum atomic E-state index is 6.00. The van der Waals surface area contributed by atoms with Crippen LogP contribution in [0.3, 0.4) is 0 Å². The molecule has 1 aromatic carbocycles. The summed E-state index contributed by atoms with van der Waals surface area (Å²) < 4.78 is 0. The molecular formula is C14H20N4. The van der Waals surface area contributed by atoms with Crippen LogP contribution in [0.5, 0.6) is 0 Å². The van der Waals surface area contributed by atoms with Crippen molar-refractivity contribution >= 4 is 5.70 Å². The van der Waals surface area contributed by atoms with Gasteiger partial charge < -0.3 is 22.1 Å². The maximum absolute atomic E-state index is 6.00. The fourth-order valence-electron chi connectivity index (χ4n) is 2.16. The Labute approximate surface area is 108 Å². The van der Waals surface area contributed by atoms with Crippen molar-refractivity contribution in [1.82, 2.24) is 4.90 Å². The Bertz CT molecular complexity index is 499. The molecule has 0 saturated heterocycles. The molecule has 0 radical (unpaired) electrons. The van der Waals surface area contributed by atoms with Gasteiger partial charge in [-0.05, 0) is 48.4 Å². The summed E-state index contributed by atoms with van der Waals surface area (Å²) in [6, 6.07) is 6.36. The summed E-state index contributed by atoms with van der Waals surface area (Å²) >= 11 is 0. The molecule has 0 atom stereocenters. The first-order valence-corrected chi connectivity index (χ1v) is 6.05. The second kappa shape index (κ2) is 5.14. The van der Waals surface area contributed by atoms with Crippen molar-refractivity contribution in [3.05, 3.63) is 52.9 Å². The van der Waals surface area contributed by atoms with Gasteiger partial charge in [0, 0.05) is 18.8 Å². The van der Waals surface area contributed by atoms with Crippen LogP contribution in [-0.2, 0) is 13.0 Å². The van der Waals surface area contributed by atoms with Crippen molar-refractivity contribution in [1.29, 1.82) is 0 Å². The number of fused-ring (bicyclic) bond motifs is 1. The lowest BCUT2D eigenvalue weighted by Gasteiger charge is -2.25. The van der Waals surface area contributed by atoms with Crippen molar-refractivity contribution in [2.45, 2.75) is 13.0 Å². The van der Waals surface area contributed by atoms with Crippen LogP contribution in [0.25, 0.3) is 5.70 Å². The Morgan fingerprint density at radius 2 is 1.94 bits per heavy atom. The lowest BCUT2D eigenvalue weighted by Crippen LogP contribution is -2.26. The van der Waals surface area contributed by atoms with Gasteiger partial charge in [-0.2, -0.15) is 0 Å². The Kier molecular flexibility index (Phi) is 3.58. The Morgan fingerprint density at radius 1 is 1.17 bits per heavy atom. The molecule has 4 heteroatoms. The van der Waals surface area contributed by atoms with Crippen LogP contribution in [0.2, 0.25) is 0 Å². The van der Waals surface area contributed by atoms with Crippen LogP contribution in [0, 0.1) is 0 Å². The van der Waals surface area contributed by atoms with Crippen molar-refractivity contribution < 1.29 is 0 Å². The van der Waals surface area contributed by atoms with Gasteiger partial charge in [-0.25, -0.2) is 0 Å². The first kappa shape index (κ1) is 12.5. The molecule has 96 valence electrons. The zero-order chi connectivity index (χ0) is 13.1. The zero-order valence-electron chi connectivity index (χ0n) is 10.7. The highest BCUT2D eigenvalue weighted by Crippen LogP contribution is 2.21. The number of hydrogen-bond acceptors (Lipinski definition) is 4. The summed E-state index contributed by atoms with van der Waals surface area (Å²) in [4.78, 5) is 2.31.